The Morgan fingerprint density at radius 1 is 1.10 bits per heavy atom. The number of carbonyl (C=O) groups excluding carboxylic acids is 1. The van der Waals surface area contributed by atoms with Crippen LogP contribution in [0.5, 0.6) is 0 Å². The van der Waals surface area contributed by atoms with Gasteiger partial charge in [0.15, 0.2) is 0 Å². The topological polar surface area (TPSA) is 113 Å². The molecule has 144 valence electrons. The number of nitrogens with zero attached hydrogens (tertiary/aromatic N) is 3. The third kappa shape index (κ3) is 3.00. The van der Waals surface area contributed by atoms with Gasteiger partial charge in [-0.15, -0.1) is 0 Å². The molecular formula is C21H19N7O. The lowest BCUT2D eigenvalue weighted by Crippen LogP contribution is -2.39. The zero-order chi connectivity index (χ0) is 19.8. The lowest BCUT2D eigenvalue weighted by Gasteiger charge is -2.27. The molecule has 1 atom stereocenters. The molecule has 1 aliphatic rings. The second-order valence-corrected chi connectivity index (χ2v) is 6.80. The lowest BCUT2D eigenvalue weighted by atomic mass is 10.1. The van der Waals surface area contributed by atoms with Crippen LogP contribution in [0.3, 0.4) is 0 Å². The number of anilines is 1. The first kappa shape index (κ1) is 17.1. The predicted molar refractivity (Wildman–Crippen MR) is 111 cm³/mol. The van der Waals surface area contributed by atoms with Gasteiger partial charge in [0.2, 0.25) is 0 Å². The van der Waals surface area contributed by atoms with Gasteiger partial charge in [0.05, 0.1) is 17.7 Å². The number of amidine groups is 1. The molecule has 8 heteroatoms. The van der Waals surface area contributed by atoms with Gasteiger partial charge in [-0.3, -0.25) is 14.2 Å². The van der Waals surface area contributed by atoms with E-state index in [4.69, 9.17) is 10.7 Å². The normalized spacial score (nSPS) is 17.0. The molecular weight excluding hydrogens is 366 g/mol. The average Bonchev–Trinajstić information content (AvgIpc) is 3.39. The van der Waals surface area contributed by atoms with E-state index in [0.29, 0.717) is 12.2 Å². The van der Waals surface area contributed by atoms with Crippen molar-refractivity contribution in [3.05, 3.63) is 89.8 Å². The Hall–Kier alpha value is -4.07. The number of carbonyl (C=O) groups is 1. The lowest BCUT2D eigenvalue weighted by molar-refractivity contribution is 0.0994. The number of aromatic amines is 1. The monoisotopic (exact) mass is 385 g/mol. The maximum absolute atomic E-state index is 11.7. The van der Waals surface area contributed by atoms with Crippen LogP contribution in [-0.4, -0.2) is 26.1 Å². The van der Waals surface area contributed by atoms with Gasteiger partial charge in [0.25, 0.3) is 5.91 Å². The Balaban J connectivity index is 1.52. The zero-order valence-corrected chi connectivity index (χ0v) is 15.5. The molecule has 29 heavy (non-hydrogen) atoms. The van der Waals surface area contributed by atoms with E-state index in [1.165, 1.54) is 0 Å². The van der Waals surface area contributed by atoms with Crippen LogP contribution < -0.4 is 16.4 Å². The number of aromatic nitrogens is 3. The van der Waals surface area contributed by atoms with Crippen molar-refractivity contribution >= 4 is 22.9 Å². The Labute approximate surface area is 166 Å². The summed E-state index contributed by atoms with van der Waals surface area (Å²) in [6.45, 7) is 0.560. The van der Waals surface area contributed by atoms with Crippen molar-refractivity contribution in [2.75, 3.05) is 5.32 Å². The van der Waals surface area contributed by atoms with Crippen molar-refractivity contribution in [2.45, 2.75) is 12.7 Å². The largest absolute Gasteiger partial charge is 0.364 e. The SMILES string of the molecule is NC(=O)c1cccc2c(C3NC(=NCc4ccccc4)c4[nH]ccc4N3)ncn12. The summed E-state index contributed by atoms with van der Waals surface area (Å²) in [5, 5.41) is 6.86. The van der Waals surface area contributed by atoms with Crippen LogP contribution in [0.15, 0.2) is 72.1 Å². The molecule has 1 aliphatic heterocycles. The number of pyridine rings is 1. The third-order valence-corrected chi connectivity index (χ3v) is 4.96. The minimum Gasteiger partial charge on any atom is -0.364 e. The summed E-state index contributed by atoms with van der Waals surface area (Å²) >= 11 is 0. The molecule has 4 heterocycles. The van der Waals surface area contributed by atoms with Gasteiger partial charge in [0.1, 0.15) is 35.4 Å². The van der Waals surface area contributed by atoms with Crippen LogP contribution in [0, 0.1) is 0 Å². The van der Waals surface area contributed by atoms with Crippen molar-refractivity contribution in [3.63, 3.8) is 0 Å². The molecule has 1 amide bonds. The summed E-state index contributed by atoms with van der Waals surface area (Å²) in [4.78, 5) is 24.3. The van der Waals surface area contributed by atoms with Gasteiger partial charge in [-0.1, -0.05) is 36.4 Å². The first-order valence-electron chi connectivity index (χ1n) is 9.25. The molecule has 1 aromatic carbocycles. The number of rotatable bonds is 4. The minimum atomic E-state index is -0.498. The first-order chi connectivity index (χ1) is 14.2. The van der Waals surface area contributed by atoms with Crippen molar-refractivity contribution in [3.8, 4) is 0 Å². The van der Waals surface area contributed by atoms with E-state index in [-0.39, 0.29) is 6.17 Å². The fourth-order valence-electron chi connectivity index (χ4n) is 3.56. The van der Waals surface area contributed by atoms with Crippen LogP contribution >= 0.6 is 0 Å². The summed E-state index contributed by atoms with van der Waals surface area (Å²) in [6.07, 6.45) is 3.18. The number of hydrogen-bond acceptors (Lipinski definition) is 4. The molecule has 0 aliphatic carbocycles. The van der Waals surface area contributed by atoms with Gasteiger partial charge in [-0.05, 0) is 23.8 Å². The van der Waals surface area contributed by atoms with Gasteiger partial charge >= 0.3 is 0 Å². The molecule has 0 fully saturated rings. The number of H-pyrrole nitrogens is 1. The van der Waals surface area contributed by atoms with E-state index < -0.39 is 5.91 Å². The van der Waals surface area contributed by atoms with E-state index in [1.54, 1.807) is 22.9 Å². The molecule has 5 rings (SSSR count). The van der Waals surface area contributed by atoms with Crippen molar-refractivity contribution < 1.29 is 4.79 Å². The zero-order valence-electron chi connectivity index (χ0n) is 15.5. The van der Waals surface area contributed by atoms with E-state index in [9.17, 15) is 4.79 Å². The number of nitrogens with one attached hydrogen (secondary N) is 3. The maximum Gasteiger partial charge on any atom is 0.265 e. The highest BCUT2D eigenvalue weighted by atomic mass is 16.1. The highest BCUT2D eigenvalue weighted by molar-refractivity contribution is 6.04. The number of amides is 1. The molecule has 8 nitrogen and oxygen atoms in total. The van der Waals surface area contributed by atoms with Crippen molar-refractivity contribution in [1.82, 2.24) is 19.7 Å². The number of nitrogens with two attached hydrogens (primary N) is 1. The minimum absolute atomic E-state index is 0.305. The van der Waals surface area contributed by atoms with Crippen LogP contribution in [0.4, 0.5) is 5.69 Å². The molecule has 0 spiro atoms. The first-order valence-corrected chi connectivity index (χ1v) is 9.25. The number of hydrogen-bond donors (Lipinski definition) is 4. The van der Waals surface area contributed by atoms with Crippen LogP contribution in [0.2, 0.25) is 0 Å². The fourth-order valence-corrected chi connectivity index (χ4v) is 3.56. The Kier molecular flexibility index (Phi) is 4.02. The van der Waals surface area contributed by atoms with Gasteiger partial charge < -0.3 is 21.4 Å². The maximum atomic E-state index is 11.7. The summed E-state index contributed by atoms with van der Waals surface area (Å²) in [7, 11) is 0. The molecule has 5 N–H and O–H groups in total. The quantitative estimate of drug-likeness (QED) is 0.432. The van der Waals surface area contributed by atoms with Gasteiger partial charge in [-0.25, -0.2) is 4.98 Å². The van der Waals surface area contributed by atoms with Crippen LogP contribution in [0.25, 0.3) is 5.52 Å². The van der Waals surface area contributed by atoms with Crippen molar-refractivity contribution in [1.29, 1.82) is 0 Å². The Bertz CT molecular complexity index is 1220. The number of fused-ring (bicyclic) bond motifs is 2. The number of aliphatic imine (C=N–C) groups is 1. The van der Waals surface area contributed by atoms with Gasteiger partial charge in [-0.2, -0.15) is 0 Å². The fraction of sp³-hybridized carbons (Fsp3) is 0.0952. The number of benzene rings is 1. The molecule has 0 saturated heterocycles. The highest BCUT2D eigenvalue weighted by Gasteiger charge is 2.27. The Morgan fingerprint density at radius 2 is 1.97 bits per heavy atom. The number of primary amides is 1. The van der Waals surface area contributed by atoms with E-state index in [0.717, 1.165) is 34.0 Å². The van der Waals surface area contributed by atoms with E-state index in [2.05, 4.69) is 20.6 Å². The Morgan fingerprint density at radius 3 is 2.79 bits per heavy atom. The molecule has 0 radical (unpaired) electrons. The summed E-state index contributed by atoms with van der Waals surface area (Å²) in [5.74, 6) is 0.256. The number of imidazole rings is 1. The third-order valence-electron chi connectivity index (χ3n) is 4.96. The van der Waals surface area contributed by atoms with E-state index in [1.807, 2.05) is 48.7 Å². The average molecular weight is 385 g/mol. The second kappa shape index (κ2) is 6.83. The molecule has 0 saturated carbocycles. The summed E-state index contributed by atoms with van der Waals surface area (Å²) < 4.78 is 1.70. The second-order valence-electron chi connectivity index (χ2n) is 6.80. The van der Waals surface area contributed by atoms with Crippen LogP contribution in [-0.2, 0) is 6.54 Å². The molecule has 3 aromatic heterocycles. The van der Waals surface area contributed by atoms with Crippen LogP contribution in [0.1, 0.15) is 33.6 Å². The summed E-state index contributed by atoms with van der Waals surface area (Å²) in [6, 6.07) is 17.4. The van der Waals surface area contributed by atoms with Gasteiger partial charge in [0, 0.05) is 6.20 Å². The van der Waals surface area contributed by atoms with Crippen molar-refractivity contribution in [2.24, 2.45) is 10.7 Å². The molecule has 0 bridgehead atoms. The molecule has 1 unspecified atom stereocenters. The summed E-state index contributed by atoms with van der Waals surface area (Å²) in [5.41, 5.74) is 10.4. The standard InChI is InChI=1S/C21H19N7O/c22-19(29)16-8-4-7-15-18(25-12-28(15)16)21-26-14-9-10-23-17(14)20(27-21)24-11-13-5-2-1-3-6-13/h1-10,12,21,23,26H,11H2,(H2,22,29)(H,24,27). The highest BCUT2D eigenvalue weighted by Crippen LogP contribution is 2.28. The predicted octanol–water partition coefficient (Wildman–Crippen LogP) is 2.42. The molecule has 4 aromatic rings. The van der Waals surface area contributed by atoms with E-state index >= 15 is 0 Å². The smallest absolute Gasteiger partial charge is 0.265 e.